The number of cyclic esters (lactones) is 1. The van der Waals surface area contributed by atoms with E-state index in [-0.39, 0.29) is 23.9 Å². The number of aliphatic hydroxyl groups is 1. The van der Waals surface area contributed by atoms with E-state index in [0.717, 1.165) is 16.7 Å². The molecule has 1 N–H and O–H groups in total. The van der Waals surface area contributed by atoms with Crippen molar-refractivity contribution >= 4 is 5.97 Å². The fourth-order valence-corrected chi connectivity index (χ4v) is 4.17. The Morgan fingerprint density at radius 2 is 1.56 bits per heavy atom. The molecule has 1 aliphatic rings. The van der Waals surface area contributed by atoms with E-state index >= 15 is 0 Å². The summed E-state index contributed by atoms with van der Waals surface area (Å²) >= 11 is 0. The summed E-state index contributed by atoms with van der Waals surface area (Å²) in [5.74, 6) is -0.106. The van der Waals surface area contributed by atoms with E-state index in [1.807, 2.05) is 66.7 Å². The number of ether oxygens (including phenoxy) is 2. The second-order valence-corrected chi connectivity index (χ2v) is 8.48. The molecule has 0 saturated heterocycles. The van der Waals surface area contributed by atoms with Crippen LogP contribution in [0.1, 0.15) is 49.3 Å². The molecule has 1 unspecified atom stereocenters. The number of hydrogen-bond acceptors (Lipinski definition) is 4. The number of aryl methyl sites for hydroxylation is 1. The van der Waals surface area contributed by atoms with Crippen LogP contribution in [0, 0.1) is 0 Å². The van der Waals surface area contributed by atoms with Gasteiger partial charge in [0.2, 0.25) is 5.76 Å². The lowest BCUT2D eigenvalue weighted by atomic mass is 9.82. The quantitative estimate of drug-likeness (QED) is 0.440. The minimum Gasteiger partial charge on any atom is -0.508 e. The van der Waals surface area contributed by atoms with Crippen molar-refractivity contribution in [2.24, 2.45) is 0 Å². The van der Waals surface area contributed by atoms with E-state index in [0.29, 0.717) is 18.6 Å². The van der Waals surface area contributed by atoms with Gasteiger partial charge >= 0.3 is 5.97 Å². The van der Waals surface area contributed by atoms with Crippen LogP contribution in [-0.4, -0.2) is 11.1 Å². The molecule has 0 bridgehead atoms. The van der Waals surface area contributed by atoms with Gasteiger partial charge in [-0.15, -0.1) is 0 Å². The van der Waals surface area contributed by atoms with Crippen LogP contribution in [0.25, 0.3) is 0 Å². The molecule has 0 aromatic heterocycles. The van der Waals surface area contributed by atoms with Crippen LogP contribution in [0.3, 0.4) is 0 Å². The summed E-state index contributed by atoms with van der Waals surface area (Å²) < 4.78 is 12.0. The molecule has 32 heavy (non-hydrogen) atoms. The molecule has 1 heterocycles. The summed E-state index contributed by atoms with van der Waals surface area (Å²) in [5.41, 5.74) is 2.01. The Kier molecular flexibility index (Phi) is 6.31. The van der Waals surface area contributed by atoms with Gasteiger partial charge in [-0.2, -0.15) is 0 Å². The van der Waals surface area contributed by atoms with E-state index in [4.69, 9.17) is 9.47 Å². The molecule has 0 fully saturated rings. The Morgan fingerprint density at radius 3 is 2.22 bits per heavy atom. The number of aliphatic hydroxyl groups excluding tert-OH is 1. The lowest BCUT2D eigenvalue weighted by Gasteiger charge is -2.37. The Morgan fingerprint density at radius 1 is 0.938 bits per heavy atom. The van der Waals surface area contributed by atoms with Crippen molar-refractivity contribution in [3.63, 3.8) is 0 Å². The van der Waals surface area contributed by atoms with E-state index in [2.05, 4.69) is 26.0 Å². The highest BCUT2D eigenvalue weighted by Crippen LogP contribution is 2.42. The first-order valence-corrected chi connectivity index (χ1v) is 11.0. The van der Waals surface area contributed by atoms with Crippen molar-refractivity contribution < 1.29 is 19.4 Å². The maximum absolute atomic E-state index is 13.1. The van der Waals surface area contributed by atoms with E-state index in [9.17, 15) is 9.90 Å². The third kappa shape index (κ3) is 4.54. The number of esters is 1. The molecule has 1 aliphatic heterocycles. The van der Waals surface area contributed by atoms with Crippen LogP contribution in [0.2, 0.25) is 0 Å². The molecule has 1 atom stereocenters. The van der Waals surface area contributed by atoms with Crippen LogP contribution < -0.4 is 4.74 Å². The van der Waals surface area contributed by atoms with Crippen molar-refractivity contribution in [2.45, 2.75) is 44.6 Å². The van der Waals surface area contributed by atoms with Crippen molar-refractivity contribution in [3.8, 4) is 5.75 Å². The SMILES string of the molecule is CC(C)c1ccccc1OC1=C(O)CC(CCc2ccccc2)(c2ccccc2)OC1=O. The second-order valence-electron chi connectivity index (χ2n) is 8.48. The van der Waals surface area contributed by atoms with Gasteiger partial charge in [0.1, 0.15) is 17.1 Å². The molecule has 0 spiro atoms. The average molecular weight is 429 g/mol. The molecule has 3 aromatic rings. The van der Waals surface area contributed by atoms with E-state index in [1.165, 1.54) is 0 Å². The molecular weight excluding hydrogens is 400 g/mol. The highest BCUT2D eigenvalue weighted by Gasteiger charge is 2.44. The van der Waals surface area contributed by atoms with Crippen molar-refractivity contribution in [1.29, 1.82) is 0 Å². The molecule has 0 saturated carbocycles. The molecule has 3 aromatic carbocycles. The number of hydrogen-bond donors (Lipinski definition) is 1. The highest BCUT2D eigenvalue weighted by molar-refractivity contribution is 5.88. The summed E-state index contributed by atoms with van der Waals surface area (Å²) in [5, 5.41) is 11.0. The topological polar surface area (TPSA) is 55.8 Å². The number of para-hydroxylation sites is 1. The monoisotopic (exact) mass is 428 g/mol. The lowest BCUT2D eigenvalue weighted by Crippen LogP contribution is -2.39. The summed E-state index contributed by atoms with van der Waals surface area (Å²) in [7, 11) is 0. The first-order valence-electron chi connectivity index (χ1n) is 11.0. The summed E-state index contributed by atoms with van der Waals surface area (Å²) in [4.78, 5) is 13.1. The molecular formula is C28H28O4. The van der Waals surface area contributed by atoms with E-state index < -0.39 is 11.6 Å². The predicted octanol–water partition coefficient (Wildman–Crippen LogP) is 6.43. The minimum atomic E-state index is -0.956. The van der Waals surface area contributed by atoms with Crippen molar-refractivity contribution in [1.82, 2.24) is 0 Å². The maximum atomic E-state index is 13.1. The van der Waals surface area contributed by atoms with Crippen LogP contribution in [0.15, 0.2) is 96.4 Å². The van der Waals surface area contributed by atoms with Crippen LogP contribution >= 0.6 is 0 Å². The van der Waals surface area contributed by atoms with Gasteiger partial charge in [0, 0.05) is 0 Å². The number of benzene rings is 3. The van der Waals surface area contributed by atoms with Crippen LogP contribution in [0.4, 0.5) is 0 Å². The van der Waals surface area contributed by atoms with Gasteiger partial charge in [0.05, 0.1) is 6.42 Å². The molecule has 0 radical (unpaired) electrons. The van der Waals surface area contributed by atoms with Crippen LogP contribution in [-0.2, 0) is 21.6 Å². The molecule has 4 rings (SSSR count). The summed E-state index contributed by atoms with van der Waals surface area (Å²) in [6.07, 6.45) is 1.42. The number of carbonyl (C=O) groups is 1. The zero-order valence-corrected chi connectivity index (χ0v) is 18.5. The second kappa shape index (κ2) is 9.31. The Bertz CT molecular complexity index is 1100. The van der Waals surface area contributed by atoms with Crippen LogP contribution in [0.5, 0.6) is 5.75 Å². The van der Waals surface area contributed by atoms with Gasteiger partial charge in [-0.3, -0.25) is 0 Å². The maximum Gasteiger partial charge on any atom is 0.378 e. The van der Waals surface area contributed by atoms with Gasteiger partial charge in [-0.1, -0.05) is 92.7 Å². The normalized spacial score (nSPS) is 18.5. The Labute approximate surface area is 189 Å². The number of rotatable bonds is 7. The molecule has 4 nitrogen and oxygen atoms in total. The predicted molar refractivity (Wildman–Crippen MR) is 124 cm³/mol. The van der Waals surface area contributed by atoms with Crippen molar-refractivity contribution in [2.75, 3.05) is 0 Å². The zero-order valence-electron chi connectivity index (χ0n) is 18.5. The number of carbonyl (C=O) groups excluding carboxylic acids is 1. The summed E-state index contributed by atoms with van der Waals surface area (Å²) in [6, 6.07) is 27.2. The standard InChI is InChI=1S/C28H28O4/c1-20(2)23-15-9-10-16-25(23)31-26-24(29)19-28(32-27(26)30,22-13-7-4-8-14-22)18-17-21-11-5-3-6-12-21/h3-16,20,29H,17-19H2,1-2H3. The molecule has 164 valence electrons. The first kappa shape index (κ1) is 21.7. The fourth-order valence-electron chi connectivity index (χ4n) is 4.17. The van der Waals surface area contributed by atoms with Gasteiger partial charge in [-0.25, -0.2) is 4.79 Å². The molecule has 4 heteroatoms. The largest absolute Gasteiger partial charge is 0.508 e. The fraction of sp³-hybridized carbons (Fsp3) is 0.250. The van der Waals surface area contributed by atoms with Gasteiger partial charge < -0.3 is 14.6 Å². The molecule has 0 amide bonds. The Balaban J connectivity index is 1.66. The van der Waals surface area contributed by atoms with Gasteiger partial charge in [0.25, 0.3) is 0 Å². The lowest BCUT2D eigenvalue weighted by molar-refractivity contribution is -0.165. The smallest absolute Gasteiger partial charge is 0.378 e. The third-order valence-corrected chi connectivity index (χ3v) is 5.90. The Hall–Kier alpha value is -3.53. The van der Waals surface area contributed by atoms with Gasteiger partial charge in [-0.05, 0) is 41.5 Å². The highest BCUT2D eigenvalue weighted by atomic mass is 16.6. The van der Waals surface area contributed by atoms with Crippen molar-refractivity contribution in [3.05, 3.63) is 113 Å². The minimum absolute atomic E-state index is 0.0864. The van der Waals surface area contributed by atoms with Gasteiger partial charge in [0.15, 0.2) is 0 Å². The third-order valence-electron chi connectivity index (χ3n) is 5.90. The molecule has 0 aliphatic carbocycles. The average Bonchev–Trinajstić information content (AvgIpc) is 2.81. The first-order chi connectivity index (χ1) is 15.5. The summed E-state index contributed by atoms with van der Waals surface area (Å²) in [6.45, 7) is 4.11. The zero-order chi connectivity index (χ0) is 22.6. The van der Waals surface area contributed by atoms with E-state index in [1.54, 1.807) is 6.07 Å².